The second-order valence-corrected chi connectivity index (χ2v) is 15.6. The number of hydrogen-bond donors (Lipinski definition) is 0. The normalized spacial score (nSPS) is 25.1. The van der Waals surface area contributed by atoms with E-state index in [9.17, 15) is 13.2 Å². The Hall–Kier alpha value is -0.386. The molecule has 0 spiro atoms. The summed E-state index contributed by atoms with van der Waals surface area (Å²) in [7, 11) is -3.99. The van der Waals surface area contributed by atoms with Crippen molar-refractivity contribution >= 4 is 22.3 Å². The van der Waals surface area contributed by atoms with Gasteiger partial charge in [0.05, 0.1) is 0 Å². The van der Waals surface area contributed by atoms with Crippen LogP contribution in [0.5, 0.6) is 0 Å². The summed E-state index contributed by atoms with van der Waals surface area (Å²) in [5.41, 5.74) is -0.948. The van der Waals surface area contributed by atoms with Crippen molar-refractivity contribution in [3.8, 4) is 0 Å². The number of nitrogens with zero attached hydrogens (tertiary/aromatic N) is 1. The molecule has 0 aromatic rings. The number of oxime groups is 1. The molecule has 0 radical (unpaired) electrons. The van der Waals surface area contributed by atoms with Crippen LogP contribution in [0.4, 0.5) is 13.2 Å². The van der Waals surface area contributed by atoms with Gasteiger partial charge in [0.1, 0.15) is 6.10 Å². The van der Waals surface area contributed by atoms with E-state index in [4.69, 9.17) is 13.7 Å². The molecule has 0 fully saturated rings. The second kappa shape index (κ2) is 5.78. The van der Waals surface area contributed by atoms with Crippen LogP contribution in [-0.4, -0.2) is 40.9 Å². The Morgan fingerprint density at radius 2 is 1.55 bits per heavy atom. The average Bonchev–Trinajstić information content (AvgIpc) is 2.14. The van der Waals surface area contributed by atoms with Gasteiger partial charge in [0.2, 0.25) is 6.29 Å². The van der Waals surface area contributed by atoms with Crippen LogP contribution < -0.4 is 0 Å². The minimum Gasteiger partial charge on any atom is -0.408 e. The Kier molecular flexibility index (Phi) is 5.10. The van der Waals surface area contributed by atoms with Crippen molar-refractivity contribution in [3.05, 3.63) is 0 Å². The van der Waals surface area contributed by atoms with Crippen molar-refractivity contribution in [2.45, 2.75) is 64.3 Å². The monoisotopic (exact) mass is 329 g/mol. The fraction of sp³-hybridized carbons (Fsp3) is 0.909. The van der Waals surface area contributed by atoms with Gasteiger partial charge in [0.15, 0.2) is 22.3 Å². The number of halogens is 3. The van der Waals surface area contributed by atoms with Gasteiger partial charge in [0.25, 0.3) is 0 Å². The maximum Gasteiger partial charge on any atom is 0.432 e. The highest BCUT2D eigenvalue weighted by atomic mass is 28.4. The fourth-order valence-electron chi connectivity index (χ4n) is 1.67. The van der Waals surface area contributed by atoms with E-state index in [0.717, 1.165) is 0 Å². The zero-order valence-corrected chi connectivity index (χ0v) is 14.7. The molecule has 0 N–H and O–H groups in total. The summed E-state index contributed by atoms with van der Waals surface area (Å²) in [5.74, 6) is 0. The highest BCUT2D eigenvalue weighted by Crippen LogP contribution is 2.29. The fourth-order valence-corrected chi connectivity index (χ4v) is 3.67. The summed E-state index contributed by atoms with van der Waals surface area (Å²) in [6.07, 6.45) is -6.45. The van der Waals surface area contributed by atoms with E-state index in [1.165, 1.54) is 0 Å². The molecular formula is C11H22F3NO3Si2. The van der Waals surface area contributed by atoms with Gasteiger partial charge in [-0.05, 0) is 39.3 Å². The molecule has 20 heavy (non-hydrogen) atoms. The predicted molar refractivity (Wildman–Crippen MR) is 75.6 cm³/mol. The first-order valence-corrected chi connectivity index (χ1v) is 13.3. The summed E-state index contributed by atoms with van der Waals surface area (Å²) in [6, 6.07) is 0. The zero-order valence-electron chi connectivity index (χ0n) is 12.7. The SMILES string of the molecule is C[Si](C)(C)OC1CC(C(F)(F)F)=NOC1O[Si](C)(C)C. The highest BCUT2D eigenvalue weighted by Gasteiger charge is 2.45. The minimum absolute atomic E-state index is 0.330. The maximum atomic E-state index is 12.7. The smallest absolute Gasteiger partial charge is 0.408 e. The van der Waals surface area contributed by atoms with E-state index < -0.39 is 40.9 Å². The molecule has 0 saturated heterocycles. The molecule has 0 aromatic carbocycles. The van der Waals surface area contributed by atoms with Gasteiger partial charge in [0, 0.05) is 6.42 Å². The molecule has 9 heteroatoms. The Morgan fingerprint density at radius 1 is 1.05 bits per heavy atom. The molecule has 2 unspecified atom stereocenters. The van der Waals surface area contributed by atoms with Crippen molar-refractivity contribution in [1.29, 1.82) is 0 Å². The Labute approximate surface area is 119 Å². The molecule has 0 bridgehead atoms. The molecule has 1 aliphatic heterocycles. The van der Waals surface area contributed by atoms with Gasteiger partial charge in [-0.3, -0.25) is 0 Å². The van der Waals surface area contributed by atoms with Crippen molar-refractivity contribution in [2.24, 2.45) is 5.16 Å². The lowest BCUT2D eigenvalue weighted by atomic mass is 10.1. The van der Waals surface area contributed by atoms with Crippen LogP contribution in [0, 0.1) is 0 Å². The van der Waals surface area contributed by atoms with Gasteiger partial charge in [-0.1, -0.05) is 5.16 Å². The first kappa shape index (κ1) is 17.7. The Morgan fingerprint density at radius 3 is 1.95 bits per heavy atom. The largest absolute Gasteiger partial charge is 0.432 e. The predicted octanol–water partition coefficient (Wildman–Crippen LogP) is 3.72. The number of hydrogen-bond acceptors (Lipinski definition) is 4. The van der Waals surface area contributed by atoms with Crippen LogP contribution in [0.15, 0.2) is 5.16 Å². The van der Waals surface area contributed by atoms with E-state index in [1.807, 2.05) is 39.3 Å². The van der Waals surface area contributed by atoms with E-state index in [2.05, 4.69) is 5.16 Å². The van der Waals surface area contributed by atoms with Gasteiger partial charge in [-0.15, -0.1) is 0 Å². The maximum absolute atomic E-state index is 12.7. The molecule has 0 aliphatic carbocycles. The van der Waals surface area contributed by atoms with Crippen LogP contribution in [0.25, 0.3) is 0 Å². The van der Waals surface area contributed by atoms with Crippen molar-refractivity contribution in [3.63, 3.8) is 0 Å². The highest BCUT2D eigenvalue weighted by molar-refractivity contribution is 6.70. The number of alkyl halides is 3. The molecule has 0 amide bonds. The Bertz CT molecular complexity index is 375. The van der Waals surface area contributed by atoms with Crippen LogP contribution >= 0.6 is 0 Å². The quantitative estimate of drug-likeness (QED) is 0.738. The van der Waals surface area contributed by atoms with E-state index in [0.29, 0.717) is 0 Å². The molecule has 1 aliphatic rings. The molecule has 1 heterocycles. The van der Waals surface area contributed by atoms with E-state index in [-0.39, 0.29) is 6.42 Å². The molecule has 0 aromatic heterocycles. The number of rotatable bonds is 4. The molecule has 0 saturated carbocycles. The molecule has 4 nitrogen and oxygen atoms in total. The summed E-state index contributed by atoms with van der Waals surface area (Å²) < 4.78 is 49.7. The Balaban J connectivity index is 2.90. The third-order valence-electron chi connectivity index (χ3n) is 2.27. The molecule has 2 atom stereocenters. The van der Waals surface area contributed by atoms with E-state index in [1.54, 1.807) is 0 Å². The topological polar surface area (TPSA) is 40.0 Å². The molecule has 118 valence electrons. The van der Waals surface area contributed by atoms with Gasteiger partial charge in [-0.25, -0.2) is 0 Å². The lowest BCUT2D eigenvalue weighted by Crippen LogP contribution is -2.49. The van der Waals surface area contributed by atoms with Crippen LogP contribution in [-0.2, 0) is 13.7 Å². The zero-order chi connectivity index (χ0) is 15.8. The van der Waals surface area contributed by atoms with E-state index >= 15 is 0 Å². The minimum atomic E-state index is -4.49. The summed E-state index contributed by atoms with van der Waals surface area (Å²) in [6.45, 7) is 11.5. The molecule has 1 rings (SSSR count). The standard InChI is InChI=1S/C11H22F3NO3Si2/c1-19(2,3)17-8-7-9(11(12,13)14)15-16-10(8)18-20(4,5)6/h8,10H,7H2,1-6H3. The van der Waals surface area contributed by atoms with Gasteiger partial charge < -0.3 is 13.7 Å². The van der Waals surface area contributed by atoms with Crippen molar-refractivity contribution < 1.29 is 26.9 Å². The summed E-state index contributed by atoms with van der Waals surface area (Å²) >= 11 is 0. The lowest BCUT2D eigenvalue weighted by Gasteiger charge is -2.36. The van der Waals surface area contributed by atoms with Crippen molar-refractivity contribution in [2.75, 3.05) is 0 Å². The molecular weight excluding hydrogens is 307 g/mol. The first-order chi connectivity index (χ1) is 8.78. The van der Waals surface area contributed by atoms with Crippen LogP contribution in [0.1, 0.15) is 6.42 Å². The van der Waals surface area contributed by atoms with Gasteiger partial charge in [-0.2, -0.15) is 13.2 Å². The van der Waals surface area contributed by atoms with Crippen molar-refractivity contribution in [1.82, 2.24) is 0 Å². The average molecular weight is 329 g/mol. The van der Waals surface area contributed by atoms with Crippen LogP contribution in [0.2, 0.25) is 39.3 Å². The summed E-state index contributed by atoms with van der Waals surface area (Å²) in [4.78, 5) is 4.93. The lowest BCUT2D eigenvalue weighted by molar-refractivity contribution is -0.160. The van der Waals surface area contributed by atoms with Gasteiger partial charge >= 0.3 is 6.18 Å². The van der Waals surface area contributed by atoms with Crippen LogP contribution in [0.3, 0.4) is 0 Å². The summed E-state index contributed by atoms with van der Waals surface area (Å²) in [5, 5.41) is 3.17. The second-order valence-electron chi connectivity index (χ2n) is 6.71. The first-order valence-electron chi connectivity index (χ1n) is 6.43. The third-order valence-corrected chi connectivity index (χ3v) is 4.22. The third kappa shape index (κ3) is 5.94.